The molecule has 3 rings (SSSR count). The summed E-state index contributed by atoms with van der Waals surface area (Å²) in [7, 11) is 0. The number of aliphatic hydroxyl groups is 3. The number of esters is 4. The van der Waals surface area contributed by atoms with Gasteiger partial charge in [0.05, 0.1) is 12.0 Å². The lowest BCUT2D eigenvalue weighted by Gasteiger charge is -2.40. The van der Waals surface area contributed by atoms with Crippen molar-refractivity contribution < 1.29 is 53.4 Å². The molecule has 2 aliphatic carbocycles. The molecular formula is C30H44O11. The third-order valence-electron chi connectivity index (χ3n) is 8.81. The summed E-state index contributed by atoms with van der Waals surface area (Å²) in [4.78, 5) is 51.2. The molecule has 2 unspecified atom stereocenters. The van der Waals surface area contributed by atoms with Crippen molar-refractivity contribution in [1.82, 2.24) is 0 Å². The van der Waals surface area contributed by atoms with Gasteiger partial charge < -0.3 is 34.3 Å². The highest BCUT2D eigenvalue weighted by Crippen LogP contribution is 2.56. The van der Waals surface area contributed by atoms with Crippen LogP contribution in [0.25, 0.3) is 0 Å². The molecule has 2 fully saturated rings. The third-order valence-corrected chi connectivity index (χ3v) is 8.81. The zero-order valence-corrected chi connectivity index (χ0v) is 25.0. The van der Waals surface area contributed by atoms with Gasteiger partial charge in [-0.3, -0.25) is 9.59 Å². The van der Waals surface area contributed by atoms with Crippen LogP contribution in [0.2, 0.25) is 0 Å². The van der Waals surface area contributed by atoms with Gasteiger partial charge in [0, 0.05) is 25.3 Å². The second-order valence-corrected chi connectivity index (χ2v) is 11.8. The second-order valence-electron chi connectivity index (χ2n) is 11.8. The van der Waals surface area contributed by atoms with E-state index in [1.165, 1.54) is 13.8 Å². The maximum Gasteiger partial charge on any atom is 0.341 e. The molecule has 0 bridgehead atoms. The lowest BCUT2D eigenvalue weighted by atomic mass is 9.75. The molecule has 1 aliphatic heterocycles. The average molecular weight is 581 g/mol. The maximum atomic E-state index is 13.1. The van der Waals surface area contributed by atoms with E-state index >= 15 is 0 Å². The van der Waals surface area contributed by atoms with Crippen LogP contribution in [0, 0.1) is 5.92 Å². The molecule has 11 nitrogen and oxygen atoms in total. The summed E-state index contributed by atoms with van der Waals surface area (Å²) in [6, 6.07) is 0. The molecule has 0 amide bonds. The predicted molar refractivity (Wildman–Crippen MR) is 145 cm³/mol. The summed E-state index contributed by atoms with van der Waals surface area (Å²) in [5, 5.41) is 34.1. The molecule has 0 spiro atoms. The fourth-order valence-corrected chi connectivity index (χ4v) is 6.38. The molecule has 0 aromatic rings. The van der Waals surface area contributed by atoms with E-state index in [9.17, 15) is 34.5 Å². The number of hydrogen-bond donors (Lipinski definition) is 3. The summed E-state index contributed by atoms with van der Waals surface area (Å²) in [5.74, 6) is -4.23. The Kier molecular flexibility index (Phi) is 9.77. The normalized spacial score (nSPS) is 36.7. The second kappa shape index (κ2) is 12.2. The standard InChI is InChI=1S/C30H44O11/c1-8-10-11-12-13-14-20(33)38-24-22-21(17(4)23(24)39-26(34)16(3)9-2)25-30(37,29(7,36)27(35)40-25)19(32)15-28(22,6)41-18(5)31/h9,19,22-25,32,36-37H,8,10-15H2,1-7H3/b16-9-/t19?,22-,23?,24+,25+,28+,29-,30-/m1/s1. The van der Waals surface area contributed by atoms with Gasteiger partial charge in [-0.1, -0.05) is 38.7 Å². The van der Waals surface area contributed by atoms with Crippen molar-refractivity contribution in [1.29, 1.82) is 0 Å². The highest BCUT2D eigenvalue weighted by molar-refractivity contribution is 5.88. The zero-order valence-electron chi connectivity index (χ0n) is 25.0. The van der Waals surface area contributed by atoms with Gasteiger partial charge in [-0.15, -0.1) is 0 Å². The van der Waals surface area contributed by atoms with E-state index in [1.54, 1.807) is 26.8 Å². The Labute approximate surface area is 240 Å². The van der Waals surface area contributed by atoms with Crippen LogP contribution in [0.5, 0.6) is 0 Å². The van der Waals surface area contributed by atoms with Gasteiger partial charge in [0.15, 0.2) is 29.5 Å². The largest absolute Gasteiger partial charge is 0.459 e. The van der Waals surface area contributed by atoms with E-state index in [2.05, 4.69) is 6.92 Å². The Morgan fingerprint density at radius 3 is 2.29 bits per heavy atom. The van der Waals surface area contributed by atoms with Crippen molar-refractivity contribution >= 4 is 23.9 Å². The van der Waals surface area contributed by atoms with Crippen LogP contribution in [0.3, 0.4) is 0 Å². The van der Waals surface area contributed by atoms with Crippen molar-refractivity contribution in [2.24, 2.45) is 5.92 Å². The first-order valence-electron chi connectivity index (χ1n) is 14.3. The number of rotatable bonds is 10. The van der Waals surface area contributed by atoms with Crippen molar-refractivity contribution in [2.45, 2.75) is 135 Å². The molecule has 11 heteroatoms. The molecule has 1 saturated carbocycles. The van der Waals surface area contributed by atoms with Gasteiger partial charge in [-0.05, 0) is 52.2 Å². The van der Waals surface area contributed by atoms with Crippen LogP contribution in [-0.4, -0.2) is 80.4 Å². The molecule has 3 aliphatic rings. The molecule has 41 heavy (non-hydrogen) atoms. The molecule has 0 radical (unpaired) electrons. The highest BCUT2D eigenvalue weighted by Gasteiger charge is 2.74. The van der Waals surface area contributed by atoms with E-state index in [0.29, 0.717) is 12.0 Å². The fraction of sp³-hybridized carbons (Fsp3) is 0.733. The van der Waals surface area contributed by atoms with Crippen molar-refractivity contribution in [3.63, 3.8) is 0 Å². The number of unbranched alkanes of at least 4 members (excludes halogenated alkanes) is 4. The van der Waals surface area contributed by atoms with Crippen LogP contribution in [-0.2, 0) is 38.1 Å². The topological polar surface area (TPSA) is 166 Å². The molecule has 3 N–H and O–H groups in total. The monoisotopic (exact) mass is 580 g/mol. The third kappa shape index (κ3) is 5.81. The Balaban J connectivity index is 2.15. The number of carbonyl (C=O) groups is 4. The Hall–Kier alpha value is -2.76. The molecule has 1 saturated heterocycles. The fourth-order valence-electron chi connectivity index (χ4n) is 6.38. The zero-order chi connectivity index (χ0) is 30.9. The van der Waals surface area contributed by atoms with E-state index < -0.39 is 77.4 Å². The number of hydrogen-bond acceptors (Lipinski definition) is 11. The van der Waals surface area contributed by atoms with Gasteiger partial charge in [0.25, 0.3) is 0 Å². The Bertz CT molecular complexity index is 1120. The van der Waals surface area contributed by atoms with Gasteiger partial charge in [-0.25, -0.2) is 9.59 Å². The molecule has 0 aromatic carbocycles. The van der Waals surface area contributed by atoms with E-state index in [4.69, 9.17) is 18.9 Å². The molecule has 8 atom stereocenters. The predicted octanol–water partition coefficient (Wildman–Crippen LogP) is 2.58. The summed E-state index contributed by atoms with van der Waals surface area (Å²) in [5.41, 5.74) is -5.99. The van der Waals surface area contributed by atoms with Gasteiger partial charge >= 0.3 is 23.9 Å². The first-order valence-corrected chi connectivity index (χ1v) is 14.3. The lowest BCUT2D eigenvalue weighted by Crippen LogP contribution is -2.63. The summed E-state index contributed by atoms with van der Waals surface area (Å²) in [6.45, 7) is 10.6. The number of fused-ring (bicyclic) bond motifs is 3. The van der Waals surface area contributed by atoms with Crippen molar-refractivity contribution in [2.75, 3.05) is 0 Å². The maximum absolute atomic E-state index is 13.1. The van der Waals surface area contributed by atoms with Crippen LogP contribution in [0.15, 0.2) is 22.8 Å². The van der Waals surface area contributed by atoms with Crippen LogP contribution in [0.4, 0.5) is 0 Å². The quantitative estimate of drug-likeness (QED) is 0.114. The number of carbonyl (C=O) groups excluding carboxylic acids is 4. The van der Waals surface area contributed by atoms with Crippen molar-refractivity contribution in [3.05, 3.63) is 22.8 Å². The van der Waals surface area contributed by atoms with Gasteiger partial charge in [0.2, 0.25) is 0 Å². The Morgan fingerprint density at radius 2 is 1.71 bits per heavy atom. The summed E-state index contributed by atoms with van der Waals surface area (Å²) in [6.07, 6.45) is -0.166. The molecule has 1 heterocycles. The molecule has 0 aromatic heterocycles. The van der Waals surface area contributed by atoms with E-state index in [1.807, 2.05) is 0 Å². The average Bonchev–Trinajstić information content (AvgIpc) is 3.22. The van der Waals surface area contributed by atoms with Gasteiger partial charge in [0.1, 0.15) is 5.60 Å². The van der Waals surface area contributed by atoms with Crippen LogP contribution < -0.4 is 0 Å². The number of allylic oxidation sites excluding steroid dienone is 1. The first kappa shape index (κ1) is 32.8. The summed E-state index contributed by atoms with van der Waals surface area (Å²) >= 11 is 0. The molecule has 230 valence electrons. The smallest absolute Gasteiger partial charge is 0.341 e. The minimum atomic E-state index is -2.55. The minimum absolute atomic E-state index is 0.0971. The minimum Gasteiger partial charge on any atom is -0.459 e. The number of aliphatic hydroxyl groups excluding tert-OH is 1. The summed E-state index contributed by atoms with van der Waals surface area (Å²) < 4.78 is 23.1. The number of ether oxygens (including phenoxy) is 4. The lowest BCUT2D eigenvalue weighted by molar-refractivity contribution is -0.199. The first-order chi connectivity index (χ1) is 19.1. The SMILES string of the molecule is C/C=C(/C)C(=O)OC1C(C)=C2[C@H]([C@@H]1OC(=O)CCCCCCC)[C@@](C)(OC(C)=O)CC(O)[C@@]1(O)[C@H]2OC(=O)[C@@]1(C)O. The van der Waals surface area contributed by atoms with E-state index in [0.717, 1.165) is 32.6 Å². The van der Waals surface area contributed by atoms with Gasteiger partial charge in [-0.2, -0.15) is 0 Å². The van der Waals surface area contributed by atoms with Crippen molar-refractivity contribution in [3.8, 4) is 0 Å². The van der Waals surface area contributed by atoms with Crippen LogP contribution in [0.1, 0.15) is 93.4 Å². The van der Waals surface area contributed by atoms with Crippen LogP contribution >= 0.6 is 0 Å². The highest BCUT2D eigenvalue weighted by atomic mass is 16.6. The Morgan fingerprint density at radius 1 is 1.07 bits per heavy atom. The van der Waals surface area contributed by atoms with E-state index in [-0.39, 0.29) is 17.6 Å². The molecular weight excluding hydrogens is 536 g/mol.